The van der Waals surface area contributed by atoms with E-state index >= 15 is 0 Å². The molecule has 0 bridgehead atoms. The van der Waals surface area contributed by atoms with Gasteiger partial charge in [-0.3, -0.25) is 4.98 Å². The molecule has 0 saturated carbocycles. The number of nitrogen functional groups attached to an aromatic ring is 1. The van der Waals surface area contributed by atoms with Crippen LogP contribution < -0.4 is 5.73 Å². The Kier molecular flexibility index (Phi) is 2.08. The molecule has 0 fully saturated rings. The normalized spacial score (nSPS) is 10.8. The molecule has 14 heavy (non-hydrogen) atoms. The van der Waals surface area contributed by atoms with Gasteiger partial charge in [0.1, 0.15) is 0 Å². The molecule has 0 aliphatic heterocycles. The third-order valence-electron chi connectivity index (χ3n) is 2.30. The van der Waals surface area contributed by atoms with Crippen LogP contribution >= 0.6 is 11.6 Å². The number of rotatable bonds is 0. The van der Waals surface area contributed by atoms with Gasteiger partial charge in [0.15, 0.2) is 0 Å². The summed E-state index contributed by atoms with van der Waals surface area (Å²) in [7, 11) is 0. The van der Waals surface area contributed by atoms with E-state index in [4.69, 9.17) is 17.3 Å². The number of pyridine rings is 1. The maximum atomic E-state index is 5.90. The van der Waals surface area contributed by atoms with Crippen LogP contribution in [0, 0.1) is 13.8 Å². The number of halogens is 1. The van der Waals surface area contributed by atoms with Crippen LogP contribution in [0.4, 0.5) is 5.69 Å². The van der Waals surface area contributed by atoms with Crippen LogP contribution in [0.5, 0.6) is 0 Å². The number of benzene rings is 1. The third-order valence-corrected chi connectivity index (χ3v) is 2.60. The molecule has 0 radical (unpaired) electrons. The van der Waals surface area contributed by atoms with Crippen LogP contribution in [0.1, 0.15) is 11.1 Å². The summed E-state index contributed by atoms with van der Waals surface area (Å²) in [4.78, 5) is 4.27. The molecule has 72 valence electrons. The molecule has 3 heteroatoms. The van der Waals surface area contributed by atoms with Crippen LogP contribution in [0.15, 0.2) is 18.3 Å². The van der Waals surface area contributed by atoms with E-state index < -0.39 is 0 Å². The first-order chi connectivity index (χ1) is 6.59. The maximum absolute atomic E-state index is 5.90. The first-order valence-corrected chi connectivity index (χ1v) is 4.78. The van der Waals surface area contributed by atoms with Crippen molar-refractivity contribution in [2.45, 2.75) is 13.8 Å². The third kappa shape index (κ3) is 1.32. The fourth-order valence-corrected chi connectivity index (χ4v) is 1.81. The Balaban J connectivity index is 2.95. The van der Waals surface area contributed by atoms with Crippen molar-refractivity contribution in [3.05, 3.63) is 34.5 Å². The zero-order valence-electron chi connectivity index (χ0n) is 8.13. The number of fused-ring (bicyclic) bond motifs is 1. The lowest BCUT2D eigenvalue weighted by Crippen LogP contribution is -1.93. The maximum Gasteiger partial charge on any atom is 0.0825 e. The second-order valence-corrected chi connectivity index (χ2v) is 3.90. The zero-order chi connectivity index (χ0) is 10.3. The number of aromatic nitrogens is 1. The molecule has 2 N–H and O–H groups in total. The molecule has 2 rings (SSSR count). The highest BCUT2D eigenvalue weighted by Crippen LogP contribution is 2.29. The summed E-state index contributed by atoms with van der Waals surface area (Å²) < 4.78 is 0. The second-order valence-electron chi connectivity index (χ2n) is 3.50. The van der Waals surface area contributed by atoms with Gasteiger partial charge in [-0.05, 0) is 25.5 Å². The fraction of sp³-hybridized carbons (Fsp3) is 0.182. The molecule has 0 atom stereocenters. The van der Waals surface area contributed by atoms with Crippen LogP contribution in [0.2, 0.25) is 5.02 Å². The number of nitrogens with zero attached hydrogens (tertiary/aromatic N) is 1. The predicted molar refractivity (Wildman–Crippen MR) is 60.6 cm³/mol. The van der Waals surface area contributed by atoms with Crippen molar-refractivity contribution in [2.24, 2.45) is 0 Å². The quantitative estimate of drug-likeness (QED) is 0.720. The molecule has 2 aromatic rings. The fourth-order valence-electron chi connectivity index (χ4n) is 1.66. The first kappa shape index (κ1) is 9.28. The Morgan fingerprint density at radius 2 is 2.00 bits per heavy atom. The Labute approximate surface area is 87.7 Å². The Morgan fingerprint density at radius 1 is 1.29 bits per heavy atom. The average Bonchev–Trinajstić information content (AvgIpc) is 2.12. The van der Waals surface area contributed by atoms with Crippen molar-refractivity contribution in [1.82, 2.24) is 4.98 Å². The molecule has 1 heterocycles. The molecule has 0 aliphatic carbocycles. The summed E-state index contributed by atoms with van der Waals surface area (Å²) in [5, 5.41) is 1.46. The SMILES string of the molecule is Cc1cc(C)c2ncc(Cl)c(N)c2c1. The van der Waals surface area contributed by atoms with E-state index in [1.54, 1.807) is 6.20 Å². The molecular weight excluding hydrogens is 196 g/mol. The Hall–Kier alpha value is -1.28. The van der Waals surface area contributed by atoms with E-state index in [-0.39, 0.29) is 0 Å². The van der Waals surface area contributed by atoms with Crippen molar-refractivity contribution in [2.75, 3.05) is 5.73 Å². The highest BCUT2D eigenvalue weighted by atomic mass is 35.5. The van der Waals surface area contributed by atoms with Gasteiger partial charge in [0.05, 0.1) is 16.2 Å². The van der Waals surface area contributed by atoms with E-state index in [1.165, 1.54) is 5.56 Å². The number of nitrogens with two attached hydrogens (primary N) is 1. The molecule has 0 unspecified atom stereocenters. The molecule has 1 aromatic heterocycles. The molecule has 0 saturated heterocycles. The van der Waals surface area contributed by atoms with Gasteiger partial charge in [-0.25, -0.2) is 0 Å². The lowest BCUT2D eigenvalue weighted by Gasteiger charge is -2.07. The summed E-state index contributed by atoms with van der Waals surface area (Å²) in [5.41, 5.74) is 9.73. The van der Waals surface area contributed by atoms with Crippen molar-refractivity contribution < 1.29 is 0 Å². The molecule has 2 nitrogen and oxygen atoms in total. The molecule has 0 aliphatic rings. The topological polar surface area (TPSA) is 38.9 Å². The monoisotopic (exact) mass is 206 g/mol. The Bertz CT molecular complexity index is 506. The van der Waals surface area contributed by atoms with Crippen LogP contribution in [-0.2, 0) is 0 Å². The number of aryl methyl sites for hydroxylation is 2. The summed E-state index contributed by atoms with van der Waals surface area (Å²) in [5.74, 6) is 0. The Morgan fingerprint density at radius 3 is 2.71 bits per heavy atom. The zero-order valence-corrected chi connectivity index (χ0v) is 8.89. The van der Waals surface area contributed by atoms with Gasteiger partial charge in [-0.15, -0.1) is 0 Å². The number of hydrogen-bond acceptors (Lipinski definition) is 2. The predicted octanol–water partition coefficient (Wildman–Crippen LogP) is 3.09. The van der Waals surface area contributed by atoms with Gasteiger partial charge in [0, 0.05) is 11.6 Å². The second kappa shape index (κ2) is 3.14. The van der Waals surface area contributed by atoms with E-state index in [9.17, 15) is 0 Å². The van der Waals surface area contributed by atoms with Gasteiger partial charge in [-0.1, -0.05) is 23.2 Å². The van der Waals surface area contributed by atoms with Crippen molar-refractivity contribution in [3.8, 4) is 0 Å². The number of anilines is 1. The van der Waals surface area contributed by atoms with Gasteiger partial charge in [0.25, 0.3) is 0 Å². The van der Waals surface area contributed by atoms with E-state index in [2.05, 4.69) is 11.1 Å². The van der Waals surface area contributed by atoms with E-state index in [0.717, 1.165) is 16.5 Å². The van der Waals surface area contributed by atoms with Crippen molar-refractivity contribution in [3.63, 3.8) is 0 Å². The minimum absolute atomic E-state index is 0.516. The van der Waals surface area contributed by atoms with Gasteiger partial charge < -0.3 is 5.73 Å². The highest BCUT2D eigenvalue weighted by molar-refractivity contribution is 6.34. The minimum atomic E-state index is 0.516. The molecular formula is C11H11ClN2. The average molecular weight is 207 g/mol. The van der Waals surface area contributed by atoms with Crippen LogP contribution in [0.3, 0.4) is 0 Å². The molecule has 1 aromatic carbocycles. The minimum Gasteiger partial charge on any atom is -0.397 e. The first-order valence-electron chi connectivity index (χ1n) is 4.40. The lowest BCUT2D eigenvalue weighted by molar-refractivity contribution is 1.34. The summed E-state index contributed by atoms with van der Waals surface area (Å²) in [6, 6.07) is 4.10. The number of hydrogen-bond donors (Lipinski definition) is 1. The molecule has 0 amide bonds. The summed E-state index contributed by atoms with van der Waals surface area (Å²) in [6.45, 7) is 4.06. The largest absolute Gasteiger partial charge is 0.397 e. The van der Waals surface area contributed by atoms with E-state index in [1.807, 2.05) is 19.9 Å². The van der Waals surface area contributed by atoms with Gasteiger partial charge in [0.2, 0.25) is 0 Å². The van der Waals surface area contributed by atoms with Gasteiger partial charge in [-0.2, -0.15) is 0 Å². The van der Waals surface area contributed by atoms with Crippen molar-refractivity contribution in [1.29, 1.82) is 0 Å². The highest BCUT2D eigenvalue weighted by Gasteiger charge is 2.06. The standard InChI is InChI=1S/C11H11ClN2/c1-6-3-7(2)11-8(4-6)10(13)9(12)5-14-11/h3-5H,1-2H3,(H2,13,14). The summed E-state index contributed by atoms with van der Waals surface area (Å²) in [6.07, 6.45) is 1.60. The van der Waals surface area contributed by atoms with Crippen LogP contribution in [-0.4, -0.2) is 4.98 Å². The lowest BCUT2D eigenvalue weighted by atomic mass is 10.1. The van der Waals surface area contributed by atoms with E-state index in [0.29, 0.717) is 10.7 Å². The molecule has 0 spiro atoms. The van der Waals surface area contributed by atoms with Gasteiger partial charge >= 0.3 is 0 Å². The van der Waals surface area contributed by atoms with Crippen LogP contribution in [0.25, 0.3) is 10.9 Å². The smallest absolute Gasteiger partial charge is 0.0825 e. The van der Waals surface area contributed by atoms with Crippen molar-refractivity contribution >= 4 is 28.2 Å². The summed E-state index contributed by atoms with van der Waals surface area (Å²) >= 11 is 5.90.